The molecule has 1 amide bonds. The van der Waals surface area contributed by atoms with Gasteiger partial charge in [0, 0.05) is 18.3 Å². The van der Waals surface area contributed by atoms with Crippen LogP contribution in [0, 0.1) is 6.92 Å². The van der Waals surface area contributed by atoms with Gasteiger partial charge in [-0.1, -0.05) is 0 Å². The Morgan fingerprint density at radius 1 is 1.71 bits per heavy atom. The Morgan fingerprint density at radius 2 is 2.43 bits per heavy atom. The summed E-state index contributed by atoms with van der Waals surface area (Å²) in [4.78, 5) is 12.5. The van der Waals surface area contributed by atoms with Crippen molar-refractivity contribution in [2.45, 2.75) is 19.4 Å². The Bertz CT molecular complexity index is 311. The van der Waals surface area contributed by atoms with Crippen molar-refractivity contribution < 1.29 is 4.79 Å². The Labute approximate surface area is 87.5 Å². The molecule has 0 bridgehead atoms. The predicted octanol–water partition coefficient (Wildman–Crippen LogP) is 0.177. The summed E-state index contributed by atoms with van der Waals surface area (Å²) in [5, 5.41) is 2.01. The summed E-state index contributed by atoms with van der Waals surface area (Å²) in [6.07, 6.45) is 0.594. The van der Waals surface area contributed by atoms with E-state index in [1.165, 1.54) is 10.4 Å². The second kappa shape index (κ2) is 5.09. The summed E-state index contributed by atoms with van der Waals surface area (Å²) in [5.41, 5.74) is 11.9. The van der Waals surface area contributed by atoms with Gasteiger partial charge in [0.15, 0.2) is 0 Å². The summed E-state index contributed by atoms with van der Waals surface area (Å²) in [7, 11) is 1.64. The van der Waals surface area contributed by atoms with Gasteiger partial charge in [0.05, 0.1) is 6.04 Å². The van der Waals surface area contributed by atoms with E-state index in [0.717, 1.165) is 0 Å². The third-order valence-corrected chi connectivity index (χ3v) is 3.00. The van der Waals surface area contributed by atoms with Crippen molar-refractivity contribution in [3.8, 4) is 0 Å². The molecule has 0 spiro atoms. The van der Waals surface area contributed by atoms with Gasteiger partial charge in [-0.2, -0.15) is 0 Å². The lowest BCUT2D eigenvalue weighted by molar-refractivity contribution is -0.123. The van der Waals surface area contributed by atoms with E-state index in [0.29, 0.717) is 6.42 Å². The van der Waals surface area contributed by atoms with Gasteiger partial charge in [-0.3, -0.25) is 10.2 Å². The standard InChI is InChI=1S/C9H15N3OS/c1-6-3-4-14-8(6)5-7(10)9(13)12-11-2/h3-4,7,11H,5,10H2,1-2H3,(H,12,13). The number of nitrogens with one attached hydrogen (secondary N) is 2. The van der Waals surface area contributed by atoms with E-state index in [2.05, 4.69) is 10.9 Å². The van der Waals surface area contributed by atoms with Crippen LogP contribution in [-0.2, 0) is 11.2 Å². The first-order valence-corrected chi connectivity index (χ1v) is 5.28. The van der Waals surface area contributed by atoms with Gasteiger partial charge in [0.1, 0.15) is 0 Å². The molecule has 0 saturated heterocycles. The molecule has 0 fully saturated rings. The molecule has 0 aliphatic heterocycles. The Kier molecular flexibility index (Phi) is 4.06. The van der Waals surface area contributed by atoms with Crippen molar-refractivity contribution >= 4 is 17.2 Å². The Hall–Kier alpha value is -0.910. The van der Waals surface area contributed by atoms with Crippen LogP contribution < -0.4 is 16.6 Å². The minimum absolute atomic E-state index is 0.180. The molecule has 1 rings (SSSR count). The van der Waals surface area contributed by atoms with Gasteiger partial charge in [-0.05, 0) is 23.9 Å². The molecule has 14 heavy (non-hydrogen) atoms. The SMILES string of the molecule is CNNC(=O)C(N)Cc1sccc1C. The van der Waals surface area contributed by atoms with Crippen molar-refractivity contribution in [1.29, 1.82) is 0 Å². The average molecular weight is 213 g/mol. The maximum atomic E-state index is 11.3. The molecule has 0 aromatic carbocycles. The van der Waals surface area contributed by atoms with E-state index in [9.17, 15) is 4.79 Å². The fourth-order valence-electron chi connectivity index (χ4n) is 1.12. The van der Waals surface area contributed by atoms with Crippen LogP contribution in [0.15, 0.2) is 11.4 Å². The van der Waals surface area contributed by atoms with Crippen molar-refractivity contribution in [2.24, 2.45) is 5.73 Å². The van der Waals surface area contributed by atoms with Gasteiger partial charge >= 0.3 is 0 Å². The molecule has 1 aromatic rings. The van der Waals surface area contributed by atoms with Crippen molar-refractivity contribution in [1.82, 2.24) is 10.9 Å². The number of hydrogen-bond acceptors (Lipinski definition) is 4. The second-order valence-corrected chi connectivity index (χ2v) is 4.08. The highest BCUT2D eigenvalue weighted by molar-refractivity contribution is 7.10. The number of carbonyl (C=O) groups excluding carboxylic acids is 1. The molecular formula is C9H15N3OS. The summed E-state index contributed by atoms with van der Waals surface area (Å²) in [6.45, 7) is 2.02. The first-order valence-electron chi connectivity index (χ1n) is 4.40. The van der Waals surface area contributed by atoms with Crippen molar-refractivity contribution in [2.75, 3.05) is 7.05 Å². The first-order chi connectivity index (χ1) is 6.65. The maximum absolute atomic E-state index is 11.3. The lowest BCUT2D eigenvalue weighted by Crippen LogP contribution is -2.46. The Morgan fingerprint density at radius 3 is 2.93 bits per heavy atom. The van der Waals surface area contributed by atoms with Crippen molar-refractivity contribution in [3.05, 3.63) is 21.9 Å². The molecule has 0 radical (unpaired) electrons. The second-order valence-electron chi connectivity index (χ2n) is 3.08. The molecule has 1 aromatic heterocycles. The minimum atomic E-state index is -0.486. The maximum Gasteiger partial charge on any atom is 0.251 e. The molecule has 1 atom stereocenters. The van der Waals surface area contributed by atoms with Gasteiger partial charge < -0.3 is 5.73 Å². The van der Waals surface area contributed by atoms with Crippen LogP contribution in [0.5, 0.6) is 0 Å². The van der Waals surface area contributed by atoms with Crippen LogP contribution in [-0.4, -0.2) is 19.0 Å². The van der Waals surface area contributed by atoms with E-state index in [1.54, 1.807) is 18.4 Å². The van der Waals surface area contributed by atoms with Gasteiger partial charge in [0.25, 0.3) is 5.91 Å². The highest BCUT2D eigenvalue weighted by Crippen LogP contribution is 2.16. The summed E-state index contributed by atoms with van der Waals surface area (Å²) < 4.78 is 0. The summed E-state index contributed by atoms with van der Waals surface area (Å²) in [5.74, 6) is -0.180. The summed E-state index contributed by atoms with van der Waals surface area (Å²) in [6, 6.07) is 1.54. The zero-order valence-corrected chi connectivity index (χ0v) is 9.15. The van der Waals surface area contributed by atoms with Crippen molar-refractivity contribution in [3.63, 3.8) is 0 Å². The molecule has 5 heteroatoms. The van der Waals surface area contributed by atoms with Gasteiger partial charge in [0.2, 0.25) is 0 Å². The first kappa shape index (κ1) is 11.2. The number of rotatable bonds is 4. The predicted molar refractivity (Wildman–Crippen MR) is 57.9 cm³/mol. The Balaban J connectivity index is 2.52. The molecule has 1 unspecified atom stereocenters. The van der Waals surface area contributed by atoms with Crippen LogP contribution in [0.1, 0.15) is 10.4 Å². The number of carbonyl (C=O) groups is 1. The smallest absolute Gasteiger partial charge is 0.251 e. The van der Waals surface area contributed by atoms with Crippen LogP contribution in [0.25, 0.3) is 0 Å². The molecule has 0 saturated carbocycles. The van der Waals surface area contributed by atoms with Gasteiger partial charge in [-0.15, -0.1) is 11.3 Å². The molecule has 4 nitrogen and oxygen atoms in total. The highest BCUT2D eigenvalue weighted by Gasteiger charge is 2.14. The third-order valence-electron chi connectivity index (χ3n) is 1.96. The van der Waals surface area contributed by atoms with Crippen LogP contribution in [0.4, 0.5) is 0 Å². The zero-order chi connectivity index (χ0) is 10.6. The zero-order valence-electron chi connectivity index (χ0n) is 8.33. The topological polar surface area (TPSA) is 67.1 Å². The van der Waals surface area contributed by atoms with E-state index >= 15 is 0 Å². The number of thiophene rings is 1. The number of amides is 1. The molecule has 78 valence electrons. The highest BCUT2D eigenvalue weighted by atomic mass is 32.1. The van der Waals surface area contributed by atoms with Gasteiger partial charge in [-0.25, -0.2) is 5.43 Å². The van der Waals surface area contributed by atoms with Crippen LogP contribution in [0.3, 0.4) is 0 Å². The monoisotopic (exact) mass is 213 g/mol. The number of hydrazine groups is 1. The average Bonchev–Trinajstić information content (AvgIpc) is 2.52. The lowest BCUT2D eigenvalue weighted by atomic mass is 10.1. The third kappa shape index (κ3) is 2.80. The lowest BCUT2D eigenvalue weighted by Gasteiger charge is -2.10. The number of hydrogen-bond donors (Lipinski definition) is 3. The largest absolute Gasteiger partial charge is 0.320 e. The molecule has 0 aliphatic rings. The van der Waals surface area contributed by atoms with E-state index in [-0.39, 0.29) is 5.91 Å². The van der Waals surface area contributed by atoms with E-state index < -0.39 is 6.04 Å². The molecule has 0 aliphatic carbocycles. The van der Waals surface area contributed by atoms with E-state index in [1.807, 2.05) is 18.4 Å². The number of aryl methyl sites for hydroxylation is 1. The fraction of sp³-hybridized carbons (Fsp3) is 0.444. The molecule has 1 heterocycles. The fourth-order valence-corrected chi connectivity index (χ4v) is 2.09. The van der Waals surface area contributed by atoms with E-state index in [4.69, 9.17) is 5.73 Å². The minimum Gasteiger partial charge on any atom is -0.320 e. The normalized spacial score (nSPS) is 12.5. The van der Waals surface area contributed by atoms with Crippen LogP contribution >= 0.6 is 11.3 Å². The summed E-state index contributed by atoms with van der Waals surface area (Å²) >= 11 is 1.63. The molecule has 4 N–H and O–H groups in total. The van der Waals surface area contributed by atoms with Crippen LogP contribution in [0.2, 0.25) is 0 Å². The molecular weight excluding hydrogens is 198 g/mol. The number of nitrogens with two attached hydrogens (primary N) is 1. The quantitative estimate of drug-likeness (QED) is 0.625.